The highest BCUT2D eigenvalue weighted by atomic mass is 19.4. The first-order chi connectivity index (χ1) is 11.5. The highest BCUT2D eigenvalue weighted by molar-refractivity contribution is 5.24. The number of alkyl halides is 3. The number of benzene rings is 1. The third-order valence-electron chi connectivity index (χ3n) is 4.56. The summed E-state index contributed by atoms with van der Waals surface area (Å²) in [4.78, 5) is 2.28. The lowest BCUT2D eigenvalue weighted by Crippen LogP contribution is -2.34. The SMILES string of the molecule is FC(F)(F)c1ccc(CN2CC[C@@H](NCC3=CCCOC3)C2)cc1. The molecular formula is C18H23F3N2O. The van der Waals surface area contributed by atoms with Crippen LogP contribution in [0.4, 0.5) is 13.2 Å². The van der Waals surface area contributed by atoms with Crippen LogP contribution in [-0.2, 0) is 17.5 Å². The van der Waals surface area contributed by atoms with Crippen molar-refractivity contribution >= 4 is 0 Å². The zero-order valence-corrected chi connectivity index (χ0v) is 13.6. The summed E-state index contributed by atoms with van der Waals surface area (Å²) >= 11 is 0. The maximum absolute atomic E-state index is 12.6. The molecule has 132 valence electrons. The Labute approximate surface area is 140 Å². The van der Waals surface area contributed by atoms with E-state index < -0.39 is 11.7 Å². The highest BCUT2D eigenvalue weighted by Crippen LogP contribution is 2.29. The van der Waals surface area contributed by atoms with Crippen molar-refractivity contribution in [2.45, 2.75) is 31.6 Å². The van der Waals surface area contributed by atoms with Crippen LogP contribution in [0.2, 0.25) is 0 Å². The van der Waals surface area contributed by atoms with Crippen molar-refractivity contribution in [2.75, 3.05) is 32.8 Å². The van der Waals surface area contributed by atoms with Crippen molar-refractivity contribution in [2.24, 2.45) is 0 Å². The van der Waals surface area contributed by atoms with Gasteiger partial charge < -0.3 is 10.1 Å². The summed E-state index contributed by atoms with van der Waals surface area (Å²) in [7, 11) is 0. The fourth-order valence-corrected chi connectivity index (χ4v) is 3.21. The van der Waals surface area contributed by atoms with Gasteiger partial charge in [0.25, 0.3) is 0 Å². The molecule has 3 rings (SSSR count). The fraction of sp³-hybridized carbons (Fsp3) is 0.556. The lowest BCUT2D eigenvalue weighted by molar-refractivity contribution is -0.137. The minimum atomic E-state index is -4.27. The summed E-state index contributed by atoms with van der Waals surface area (Å²) in [6.45, 7) is 4.98. The van der Waals surface area contributed by atoms with Gasteiger partial charge in [0.15, 0.2) is 0 Å². The topological polar surface area (TPSA) is 24.5 Å². The molecule has 24 heavy (non-hydrogen) atoms. The Kier molecular flexibility index (Phi) is 5.58. The van der Waals surface area contributed by atoms with Gasteiger partial charge in [0.1, 0.15) is 0 Å². The van der Waals surface area contributed by atoms with Gasteiger partial charge >= 0.3 is 6.18 Å². The Morgan fingerprint density at radius 1 is 1.21 bits per heavy atom. The summed E-state index contributed by atoms with van der Waals surface area (Å²) in [5.41, 5.74) is 1.64. The average Bonchev–Trinajstić information content (AvgIpc) is 3.01. The number of ether oxygens (including phenoxy) is 1. The van der Waals surface area contributed by atoms with Gasteiger partial charge in [0.2, 0.25) is 0 Å². The van der Waals surface area contributed by atoms with Crippen molar-refractivity contribution in [3.63, 3.8) is 0 Å². The molecule has 0 unspecified atom stereocenters. The fourth-order valence-electron chi connectivity index (χ4n) is 3.21. The van der Waals surface area contributed by atoms with Crippen molar-refractivity contribution < 1.29 is 17.9 Å². The number of nitrogens with one attached hydrogen (secondary N) is 1. The first kappa shape index (κ1) is 17.5. The smallest absolute Gasteiger partial charge is 0.377 e. The van der Waals surface area contributed by atoms with Crippen molar-refractivity contribution in [3.05, 3.63) is 47.0 Å². The Balaban J connectivity index is 1.45. The molecule has 0 spiro atoms. The van der Waals surface area contributed by atoms with Gasteiger partial charge in [-0.3, -0.25) is 4.90 Å². The second-order valence-electron chi connectivity index (χ2n) is 6.50. The van der Waals surface area contributed by atoms with Crippen LogP contribution < -0.4 is 5.32 Å². The van der Waals surface area contributed by atoms with E-state index in [2.05, 4.69) is 16.3 Å². The first-order valence-corrected chi connectivity index (χ1v) is 8.38. The van der Waals surface area contributed by atoms with Gasteiger partial charge in [-0.1, -0.05) is 18.2 Å². The predicted octanol–water partition coefficient (Wildman–Crippen LogP) is 3.22. The average molecular weight is 340 g/mol. The largest absolute Gasteiger partial charge is 0.416 e. The van der Waals surface area contributed by atoms with Crippen molar-refractivity contribution in [1.82, 2.24) is 10.2 Å². The van der Waals surface area contributed by atoms with E-state index in [0.717, 1.165) is 63.4 Å². The van der Waals surface area contributed by atoms with Gasteiger partial charge in [-0.2, -0.15) is 13.2 Å². The molecule has 2 aliphatic rings. The second kappa shape index (κ2) is 7.68. The number of halogens is 3. The predicted molar refractivity (Wildman–Crippen MR) is 86.6 cm³/mol. The van der Waals surface area contributed by atoms with Gasteiger partial charge in [0, 0.05) is 32.2 Å². The maximum Gasteiger partial charge on any atom is 0.416 e. The zero-order valence-electron chi connectivity index (χ0n) is 13.6. The van der Waals surface area contributed by atoms with E-state index in [1.54, 1.807) is 12.1 Å². The Hall–Kier alpha value is -1.37. The normalized spacial score (nSPS) is 22.6. The van der Waals surface area contributed by atoms with E-state index >= 15 is 0 Å². The lowest BCUT2D eigenvalue weighted by Gasteiger charge is -2.19. The number of likely N-dealkylation sites (tertiary alicyclic amines) is 1. The monoisotopic (exact) mass is 340 g/mol. The van der Waals surface area contributed by atoms with Gasteiger partial charge in [0.05, 0.1) is 18.8 Å². The Bertz CT molecular complexity index is 569. The molecule has 0 aromatic heterocycles. The third-order valence-corrected chi connectivity index (χ3v) is 4.56. The van der Waals surface area contributed by atoms with Crippen LogP contribution in [0, 0.1) is 0 Å². The van der Waals surface area contributed by atoms with E-state index in [1.165, 1.54) is 5.57 Å². The summed E-state index contributed by atoms with van der Waals surface area (Å²) in [5, 5.41) is 3.56. The van der Waals surface area contributed by atoms with E-state index in [4.69, 9.17) is 4.74 Å². The van der Waals surface area contributed by atoms with Crippen LogP contribution in [-0.4, -0.2) is 43.8 Å². The lowest BCUT2D eigenvalue weighted by atomic mass is 10.1. The Morgan fingerprint density at radius 2 is 2.00 bits per heavy atom. The van der Waals surface area contributed by atoms with Gasteiger partial charge in [-0.15, -0.1) is 0 Å². The van der Waals surface area contributed by atoms with E-state index in [1.807, 2.05) is 0 Å². The molecule has 1 saturated heterocycles. The molecule has 2 heterocycles. The molecule has 1 atom stereocenters. The summed E-state index contributed by atoms with van der Waals surface area (Å²) in [5.74, 6) is 0. The van der Waals surface area contributed by atoms with Crippen molar-refractivity contribution in [3.8, 4) is 0 Å². The second-order valence-corrected chi connectivity index (χ2v) is 6.50. The minimum Gasteiger partial charge on any atom is -0.377 e. The van der Waals surface area contributed by atoms with E-state index in [-0.39, 0.29) is 0 Å². The number of rotatable bonds is 5. The van der Waals surface area contributed by atoms with Crippen LogP contribution in [0.5, 0.6) is 0 Å². The molecule has 0 aliphatic carbocycles. The zero-order chi connectivity index (χ0) is 17.0. The number of hydrogen-bond donors (Lipinski definition) is 1. The molecule has 6 heteroatoms. The minimum absolute atomic E-state index is 0.433. The van der Waals surface area contributed by atoms with Crippen LogP contribution in [0.15, 0.2) is 35.9 Å². The van der Waals surface area contributed by atoms with Gasteiger partial charge in [-0.25, -0.2) is 0 Å². The molecule has 2 aliphatic heterocycles. The standard InChI is InChI=1S/C18H23F3N2O/c19-18(20,21)16-5-3-14(4-6-16)11-23-8-7-17(12-23)22-10-15-2-1-9-24-13-15/h2-6,17,22H,1,7-13H2/t17-/m1/s1. The van der Waals surface area contributed by atoms with Crippen LogP contribution in [0.3, 0.4) is 0 Å². The van der Waals surface area contributed by atoms with E-state index in [0.29, 0.717) is 12.6 Å². The summed E-state index contributed by atoms with van der Waals surface area (Å²) in [6.07, 6.45) is 0.0284. The van der Waals surface area contributed by atoms with Crippen LogP contribution >= 0.6 is 0 Å². The molecule has 3 nitrogen and oxygen atoms in total. The quantitative estimate of drug-likeness (QED) is 0.833. The molecule has 1 fully saturated rings. The molecule has 0 radical (unpaired) electrons. The van der Waals surface area contributed by atoms with Crippen LogP contribution in [0.1, 0.15) is 24.0 Å². The molecule has 0 bridgehead atoms. The van der Waals surface area contributed by atoms with Gasteiger partial charge in [-0.05, 0) is 36.1 Å². The third kappa shape index (κ3) is 4.82. The molecule has 1 N–H and O–H groups in total. The molecule has 1 aromatic rings. The van der Waals surface area contributed by atoms with Crippen molar-refractivity contribution in [1.29, 1.82) is 0 Å². The number of hydrogen-bond acceptors (Lipinski definition) is 3. The highest BCUT2D eigenvalue weighted by Gasteiger charge is 2.30. The molecule has 0 saturated carbocycles. The maximum atomic E-state index is 12.6. The molecule has 0 amide bonds. The molecular weight excluding hydrogens is 317 g/mol. The first-order valence-electron chi connectivity index (χ1n) is 8.38. The number of nitrogens with zero attached hydrogens (tertiary/aromatic N) is 1. The summed E-state index contributed by atoms with van der Waals surface area (Å²) < 4.78 is 43.2. The van der Waals surface area contributed by atoms with Crippen LogP contribution in [0.25, 0.3) is 0 Å². The summed E-state index contributed by atoms with van der Waals surface area (Å²) in [6, 6.07) is 5.91. The van der Waals surface area contributed by atoms with E-state index in [9.17, 15) is 13.2 Å². The Morgan fingerprint density at radius 3 is 2.67 bits per heavy atom. The molecule has 1 aromatic carbocycles.